The Hall–Kier alpha value is -1.22. The van der Waals surface area contributed by atoms with Gasteiger partial charge in [-0.3, -0.25) is 0 Å². The van der Waals surface area contributed by atoms with E-state index < -0.39 is 43.0 Å². The van der Waals surface area contributed by atoms with Gasteiger partial charge in [-0.05, 0) is 0 Å². The van der Waals surface area contributed by atoms with Crippen molar-refractivity contribution >= 4 is 11.9 Å². The van der Waals surface area contributed by atoms with Crippen molar-refractivity contribution in [2.24, 2.45) is 0 Å². The first-order chi connectivity index (χ1) is 7.47. The number of hydrogen-bond donors (Lipinski definition) is 4. The standard InChI is InChI=1S/C8H12O8/c9-1-4(16-8(14)7(12)13)6-5(11)3(10)2-15-6/h3-6,9-11H,1-2H2,(H,12,13)/t3-,4+,5+,6+/m0/s1. The molecule has 0 unspecified atom stereocenters. The first-order valence-corrected chi connectivity index (χ1v) is 4.50. The molecule has 0 spiro atoms. The van der Waals surface area contributed by atoms with Gasteiger partial charge in [0.2, 0.25) is 0 Å². The van der Waals surface area contributed by atoms with Crippen molar-refractivity contribution < 1.29 is 39.5 Å². The first kappa shape index (κ1) is 12.8. The first-order valence-electron chi connectivity index (χ1n) is 4.50. The second-order valence-electron chi connectivity index (χ2n) is 3.29. The lowest BCUT2D eigenvalue weighted by Gasteiger charge is -2.23. The summed E-state index contributed by atoms with van der Waals surface area (Å²) < 4.78 is 9.26. The number of rotatable bonds is 3. The van der Waals surface area contributed by atoms with Crippen LogP contribution >= 0.6 is 0 Å². The van der Waals surface area contributed by atoms with Crippen LogP contribution in [-0.2, 0) is 19.1 Å². The van der Waals surface area contributed by atoms with Crippen LogP contribution in [0.15, 0.2) is 0 Å². The molecule has 0 aromatic heterocycles. The third kappa shape index (κ3) is 2.67. The Kier molecular flexibility index (Phi) is 4.19. The summed E-state index contributed by atoms with van der Waals surface area (Å²) >= 11 is 0. The van der Waals surface area contributed by atoms with E-state index in [0.29, 0.717) is 0 Å². The third-order valence-corrected chi connectivity index (χ3v) is 2.17. The molecule has 0 radical (unpaired) electrons. The van der Waals surface area contributed by atoms with Gasteiger partial charge < -0.3 is 29.9 Å². The number of carboxylic acid groups (broad SMARTS) is 1. The molecule has 4 atom stereocenters. The summed E-state index contributed by atoms with van der Waals surface area (Å²) in [6, 6.07) is 0. The van der Waals surface area contributed by atoms with Crippen LogP contribution in [0.4, 0.5) is 0 Å². The number of carbonyl (C=O) groups excluding carboxylic acids is 1. The molecule has 0 saturated carbocycles. The monoisotopic (exact) mass is 236 g/mol. The van der Waals surface area contributed by atoms with E-state index in [0.717, 1.165) is 0 Å². The summed E-state index contributed by atoms with van der Waals surface area (Å²) in [6.07, 6.45) is -4.94. The highest BCUT2D eigenvalue weighted by molar-refractivity contribution is 6.28. The minimum Gasteiger partial charge on any atom is -0.473 e. The average Bonchev–Trinajstić information content (AvgIpc) is 2.56. The maximum Gasteiger partial charge on any atom is 0.417 e. The van der Waals surface area contributed by atoms with Gasteiger partial charge in [-0.1, -0.05) is 0 Å². The lowest BCUT2D eigenvalue weighted by molar-refractivity contribution is -0.175. The fraction of sp³-hybridized carbons (Fsp3) is 0.750. The number of hydrogen-bond acceptors (Lipinski definition) is 7. The molecule has 1 heterocycles. The Bertz CT molecular complexity index is 277. The lowest BCUT2D eigenvalue weighted by atomic mass is 10.1. The lowest BCUT2D eigenvalue weighted by Crippen LogP contribution is -2.43. The third-order valence-electron chi connectivity index (χ3n) is 2.17. The number of aliphatic carboxylic acids is 1. The topological polar surface area (TPSA) is 134 Å². The summed E-state index contributed by atoms with van der Waals surface area (Å²) in [5.41, 5.74) is 0. The van der Waals surface area contributed by atoms with Gasteiger partial charge in [-0.2, -0.15) is 0 Å². The number of ether oxygens (including phenoxy) is 2. The molecular formula is C8H12O8. The molecule has 1 fully saturated rings. The van der Waals surface area contributed by atoms with Crippen LogP contribution in [0.25, 0.3) is 0 Å². The number of esters is 1. The van der Waals surface area contributed by atoms with Gasteiger partial charge in [0, 0.05) is 0 Å². The summed E-state index contributed by atoms with van der Waals surface area (Å²) in [4.78, 5) is 20.9. The van der Waals surface area contributed by atoms with Crippen molar-refractivity contribution in [3.63, 3.8) is 0 Å². The fourth-order valence-electron chi connectivity index (χ4n) is 1.35. The zero-order valence-corrected chi connectivity index (χ0v) is 8.15. The Labute approximate surface area is 90.0 Å². The van der Waals surface area contributed by atoms with Crippen LogP contribution in [0.5, 0.6) is 0 Å². The summed E-state index contributed by atoms with van der Waals surface area (Å²) in [5, 5.41) is 35.7. The van der Waals surface area contributed by atoms with Crippen molar-refractivity contribution in [3.05, 3.63) is 0 Å². The highest BCUT2D eigenvalue weighted by atomic mass is 16.6. The van der Waals surface area contributed by atoms with Crippen molar-refractivity contribution in [3.8, 4) is 0 Å². The highest BCUT2D eigenvalue weighted by Gasteiger charge is 2.42. The molecule has 0 amide bonds. The molecule has 0 aromatic carbocycles. The predicted octanol–water partition coefficient (Wildman–Crippen LogP) is -2.90. The van der Waals surface area contributed by atoms with E-state index in [4.69, 9.17) is 20.1 Å². The fourth-order valence-corrected chi connectivity index (χ4v) is 1.35. The van der Waals surface area contributed by atoms with Crippen molar-refractivity contribution in [2.45, 2.75) is 24.4 Å². The van der Waals surface area contributed by atoms with Crippen LogP contribution < -0.4 is 0 Å². The van der Waals surface area contributed by atoms with Crippen molar-refractivity contribution in [2.75, 3.05) is 13.2 Å². The summed E-state index contributed by atoms with van der Waals surface area (Å²) in [6.45, 7) is -0.888. The Morgan fingerprint density at radius 2 is 2.06 bits per heavy atom. The van der Waals surface area contributed by atoms with E-state index >= 15 is 0 Å². The second-order valence-corrected chi connectivity index (χ2v) is 3.29. The van der Waals surface area contributed by atoms with Crippen LogP contribution in [0, 0.1) is 0 Å². The maximum absolute atomic E-state index is 10.7. The molecule has 0 aliphatic carbocycles. The number of aliphatic hydroxyl groups excluding tert-OH is 3. The number of carboxylic acids is 1. The minimum atomic E-state index is -1.81. The van der Waals surface area contributed by atoms with E-state index in [-0.39, 0.29) is 6.61 Å². The maximum atomic E-state index is 10.7. The van der Waals surface area contributed by atoms with E-state index in [1.54, 1.807) is 0 Å². The van der Waals surface area contributed by atoms with Gasteiger partial charge in [0.25, 0.3) is 0 Å². The second kappa shape index (κ2) is 5.21. The molecule has 8 nitrogen and oxygen atoms in total. The van der Waals surface area contributed by atoms with Crippen molar-refractivity contribution in [1.82, 2.24) is 0 Å². The van der Waals surface area contributed by atoms with Gasteiger partial charge >= 0.3 is 11.9 Å². The normalized spacial score (nSPS) is 31.1. The van der Waals surface area contributed by atoms with Crippen molar-refractivity contribution in [1.29, 1.82) is 0 Å². The molecule has 1 saturated heterocycles. The van der Waals surface area contributed by atoms with Crippen LogP contribution in [-0.4, -0.2) is 70.0 Å². The van der Waals surface area contributed by atoms with E-state index in [1.165, 1.54) is 0 Å². The van der Waals surface area contributed by atoms with E-state index in [9.17, 15) is 14.7 Å². The van der Waals surface area contributed by atoms with Gasteiger partial charge in [-0.25, -0.2) is 9.59 Å². The van der Waals surface area contributed by atoms with Gasteiger partial charge in [-0.15, -0.1) is 0 Å². The largest absolute Gasteiger partial charge is 0.473 e. The molecule has 16 heavy (non-hydrogen) atoms. The average molecular weight is 236 g/mol. The molecule has 4 N–H and O–H groups in total. The number of aliphatic hydroxyl groups is 3. The molecule has 0 bridgehead atoms. The number of carbonyl (C=O) groups is 2. The summed E-state index contributed by atoms with van der Waals surface area (Å²) in [5.74, 6) is -3.37. The molecule has 1 rings (SSSR count). The molecule has 92 valence electrons. The van der Waals surface area contributed by atoms with E-state index in [1.807, 2.05) is 0 Å². The van der Waals surface area contributed by atoms with Crippen LogP contribution in [0.1, 0.15) is 0 Å². The Morgan fingerprint density at radius 1 is 1.44 bits per heavy atom. The van der Waals surface area contributed by atoms with Gasteiger partial charge in [0.1, 0.15) is 18.3 Å². The molecule has 1 aliphatic heterocycles. The van der Waals surface area contributed by atoms with E-state index in [2.05, 4.69) is 4.74 Å². The zero-order valence-electron chi connectivity index (χ0n) is 8.15. The van der Waals surface area contributed by atoms with Crippen LogP contribution in [0.3, 0.4) is 0 Å². The predicted molar refractivity (Wildman–Crippen MR) is 46.4 cm³/mol. The van der Waals surface area contributed by atoms with Crippen LogP contribution in [0.2, 0.25) is 0 Å². The SMILES string of the molecule is O=C(O)C(=O)O[C@H](CO)[C@H]1OC[C@H](O)[C@H]1O. The quantitative estimate of drug-likeness (QED) is 0.303. The summed E-state index contributed by atoms with van der Waals surface area (Å²) in [7, 11) is 0. The Morgan fingerprint density at radius 3 is 2.44 bits per heavy atom. The minimum absolute atomic E-state index is 0.174. The van der Waals surface area contributed by atoms with Gasteiger partial charge in [0.05, 0.1) is 13.2 Å². The Balaban J connectivity index is 2.61. The smallest absolute Gasteiger partial charge is 0.417 e. The molecule has 8 heteroatoms. The molecular weight excluding hydrogens is 224 g/mol. The zero-order chi connectivity index (χ0) is 12.3. The molecule has 1 aliphatic rings. The molecule has 0 aromatic rings. The van der Waals surface area contributed by atoms with Gasteiger partial charge in [0.15, 0.2) is 6.10 Å². The highest BCUT2D eigenvalue weighted by Crippen LogP contribution is 2.19.